The normalized spacial score (nSPS) is 21.4. The summed E-state index contributed by atoms with van der Waals surface area (Å²) in [5.74, 6) is -4.54. The number of benzene rings is 3. The first kappa shape index (κ1) is 19.6. The summed E-state index contributed by atoms with van der Waals surface area (Å²) in [5.41, 5.74) is -0.456. The monoisotopic (exact) mass is 420 g/mol. The summed E-state index contributed by atoms with van der Waals surface area (Å²) in [4.78, 5) is 11.5. The van der Waals surface area contributed by atoms with Crippen LogP contribution in [-0.4, -0.2) is 27.7 Å². The second-order valence-electron chi connectivity index (χ2n) is 7.82. The SMILES string of the molecule is O=C1C(O)[C@]1(O)CC(F)(F)c1ccc(/C=C/c2ccccc2)c2oc3ccccc3c12. The Morgan fingerprint density at radius 2 is 1.68 bits per heavy atom. The van der Waals surface area contributed by atoms with Gasteiger partial charge < -0.3 is 14.6 Å². The Hall–Kier alpha value is -3.35. The Balaban J connectivity index is 1.66. The van der Waals surface area contributed by atoms with Crippen LogP contribution in [-0.2, 0) is 10.7 Å². The molecule has 1 saturated carbocycles. The van der Waals surface area contributed by atoms with Gasteiger partial charge in [0, 0.05) is 21.9 Å². The number of halogens is 2. The highest BCUT2D eigenvalue weighted by atomic mass is 19.3. The standard InChI is InChI=1S/C25H18F2O4/c26-25(27,14-24(30)22(28)23(24)29)18-13-12-16(11-10-15-6-2-1-3-7-15)21-20(18)17-8-4-5-9-19(17)31-21/h1-13,22,28,30H,14H2/b11-10+/t22?,24-/m1/s1. The van der Waals surface area contributed by atoms with E-state index in [0.29, 0.717) is 22.1 Å². The van der Waals surface area contributed by atoms with Gasteiger partial charge >= 0.3 is 0 Å². The van der Waals surface area contributed by atoms with Crippen LogP contribution >= 0.6 is 0 Å². The zero-order chi connectivity index (χ0) is 21.8. The van der Waals surface area contributed by atoms with Crippen LogP contribution in [0.15, 0.2) is 71.1 Å². The minimum Gasteiger partial charge on any atom is -0.455 e. The minimum absolute atomic E-state index is 0.224. The lowest BCUT2D eigenvalue weighted by Gasteiger charge is -2.20. The van der Waals surface area contributed by atoms with Gasteiger partial charge in [0.2, 0.25) is 0 Å². The third-order valence-corrected chi connectivity index (χ3v) is 5.74. The highest BCUT2D eigenvalue weighted by molar-refractivity contribution is 6.11. The number of fused-ring (bicyclic) bond motifs is 3. The van der Waals surface area contributed by atoms with E-state index in [4.69, 9.17) is 4.42 Å². The van der Waals surface area contributed by atoms with Gasteiger partial charge in [0.1, 0.15) is 11.2 Å². The molecule has 1 unspecified atom stereocenters. The third-order valence-electron chi connectivity index (χ3n) is 5.74. The summed E-state index contributed by atoms with van der Waals surface area (Å²) < 4.78 is 36.5. The van der Waals surface area contributed by atoms with Crippen LogP contribution in [0.3, 0.4) is 0 Å². The van der Waals surface area contributed by atoms with Crippen molar-refractivity contribution in [2.45, 2.75) is 24.0 Å². The van der Waals surface area contributed by atoms with Crippen LogP contribution < -0.4 is 0 Å². The van der Waals surface area contributed by atoms with Crippen LogP contribution in [0.25, 0.3) is 34.1 Å². The first-order valence-electron chi connectivity index (χ1n) is 9.82. The van der Waals surface area contributed by atoms with E-state index in [1.165, 1.54) is 12.1 Å². The second kappa shape index (κ2) is 6.83. The number of carbonyl (C=O) groups is 1. The molecule has 3 aromatic carbocycles. The van der Waals surface area contributed by atoms with Crippen LogP contribution in [0.1, 0.15) is 23.1 Å². The summed E-state index contributed by atoms with van der Waals surface area (Å²) in [5, 5.41) is 20.3. The summed E-state index contributed by atoms with van der Waals surface area (Å²) in [6, 6.07) is 19.2. The molecule has 0 spiro atoms. The molecule has 4 nitrogen and oxygen atoms in total. The Morgan fingerprint density at radius 1 is 1.00 bits per heavy atom. The van der Waals surface area contributed by atoms with Crippen molar-refractivity contribution < 1.29 is 28.2 Å². The second-order valence-corrected chi connectivity index (χ2v) is 7.82. The fourth-order valence-corrected chi connectivity index (χ4v) is 3.97. The first-order chi connectivity index (χ1) is 14.8. The van der Waals surface area contributed by atoms with Crippen LogP contribution in [0.2, 0.25) is 0 Å². The van der Waals surface area contributed by atoms with E-state index in [0.717, 1.165) is 5.56 Å². The lowest BCUT2D eigenvalue weighted by Crippen LogP contribution is -2.27. The highest BCUT2D eigenvalue weighted by Crippen LogP contribution is 2.48. The maximum atomic E-state index is 15.3. The van der Waals surface area contributed by atoms with E-state index in [1.54, 1.807) is 30.3 Å². The summed E-state index contributed by atoms with van der Waals surface area (Å²) in [6.45, 7) is 0. The zero-order valence-corrected chi connectivity index (χ0v) is 16.3. The Bertz CT molecular complexity index is 1340. The third kappa shape index (κ3) is 3.15. The van der Waals surface area contributed by atoms with Crippen molar-refractivity contribution >= 4 is 39.9 Å². The van der Waals surface area contributed by atoms with E-state index in [9.17, 15) is 15.0 Å². The average molecular weight is 420 g/mol. The molecule has 6 heteroatoms. The van der Waals surface area contributed by atoms with Gasteiger partial charge in [0.25, 0.3) is 5.92 Å². The molecule has 0 radical (unpaired) electrons. The molecule has 0 aliphatic heterocycles. The maximum Gasteiger partial charge on any atom is 0.277 e. The van der Waals surface area contributed by atoms with Crippen molar-refractivity contribution in [3.05, 3.63) is 83.4 Å². The van der Waals surface area contributed by atoms with Crippen molar-refractivity contribution in [3.8, 4) is 0 Å². The number of rotatable bonds is 5. The largest absolute Gasteiger partial charge is 0.455 e. The maximum absolute atomic E-state index is 15.3. The van der Waals surface area contributed by atoms with E-state index in [-0.39, 0.29) is 10.9 Å². The van der Waals surface area contributed by atoms with Gasteiger partial charge in [-0.05, 0) is 11.6 Å². The molecule has 31 heavy (non-hydrogen) atoms. The number of aliphatic hydroxyl groups excluding tert-OH is 1. The fraction of sp³-hybridized carbons (Fsp3) is 0.160. The van der Waals surface area contributed by atoms with Crippen molar-refractivity contribution in [3.63, 3.8) is 0 Å². The number of para-hydroxylation sites is 1. The van der Waals surface area contributed by atoms with E-state index in [2.05, 4.69) is 0 Å². The molecule has 1 aliphatic rings. The molecule has 1 aromatic heterocycles. The number of furan rings is 1. The molecule has 4 aromatic rings. The number of ketones is 1. The smallest absolute Gasteiger partial charge is 0.277 e. The van der Waals surface area contributed by atoms with Gasteiger partial charge in [-0.15, -0.1) is 0 Å². The van der Waals surface area contributed by atoms with E-state index >= 15 is 8.78 Å². The van der Waals surface area contributed by atoms with Gasteiger partial charge in [-0.3, -0.25) is 4.79 Å². The Labute approximate surface area is 176 Å². The number of hydrogen-bond donors (Lipinski definition) is 2. The fourth-order valence-electron chi connectivity index (χ4n) is 3.97. The average Bonchev–Trinajstić information content (AvgIpc) is 3.08. The van der Waals surface area contributed by atoms with Gasteiger partial charge in [-0.25, -0.2) is 8.78 Å². The molecule has 1 fully saturated rings. The predicted molar refractivity (Wildman–Crippen MR) is 114 cm³/mol. The van der Waals surface area contributed by atoms with Crippen LogP contribution in [0.4, 0.5) is 8.78 Å². The van der Waals surface area contributed by atoms with Gasteiger partial charge in [0.15, 0.2) is 17.5 Å². The molecule has 156 valence electrons. The highest BCUT2D eigenvalue weighted by Gasteiger charge is 2.67. The van der Waals surface area contributed by atoms with Crippen LogP contribution in [0.5, 0.6) is 0 Å². The quantitative estimate of drug-likeness (QED) is 0.450. The Morgan fingerprint density at radius 3 is 2.39 bits per heavy atom. The van der Waals surface area contributed by atoms with E-state index in [1.807, 2.05) is 36.4 Å². The Kier molecular flexibility index (Phi) is 4.32. The molecule has 5 rings (SSSR count). The molecule has 0 amide bonds. The van der Waals surface area contributed by atoms with Gasteiger partial charge in [-0.1, -0.05) is 72.8 Å². The summed E-state index contributed by atoms with van der Waals surface area (Å²) in [6.07, 6.45) is 0.696. The van der Waals surface area contributed by atoms with Crippen molar-refractivity contribution in [2.75, 3.05) is 0 Å². The summed E-state index contributed by atoms with van der Waals surface area (Å²) >= 11 is 0. The topological polar surface area (TPSA) is 70.7 Å². The lowest BCUT2D eigenvalue weighted by molar-refractivity contribution is -0.121. The summed E-state index contributed by atoms with van der Waals surface area (Å²) in [7, 11) is 0. The number of aliphatic hydroxyl groups is 2. The van der Waals surface area contributed by atoms with Crippen molar-refractivity contribution in [1.82, 2.24) is 0 Å². The molecular formula is C25H18F2O4. The first-order valence-corrected chi connectivity index (χ1v) is 9.82. The molecule has 2 N–H and O–H groups in total. The van der Waals surface area contributed by atoms with Crippen molar-refractivity contribution in [1.29, 1.82) is 0 Å². The molecular weight excluding hydrogens is 402 g/mol. The molecule has 1 aliphatic carbocycles. The molecule has 2 atom stereocenters. The number of hydrogen-bond acceptors (Lipinski definition) is 4. The minimum atomic E-state index is -3.56. The zero-order valence-electron chi connectivity index (χ0n) is 16.3. The molecule has 1 heterocycles. The number of alkyl halides is 2. The van der Waals surface area contributed by atoms with Gasteiger partial charge in [0.05, 0.1) is 6.42 Å². The molecule has 0 saturated heterocycles. The van der Waals surface area contributed by atoms with Crippen LogP contribution in [0, 0.1) is 0 Å². The number of Topliss-reactive ketones (excluding diaryl/α,β-unsaturated/α-hetero) is 1. The predicted octanol–water partition coefficient (Wildman–Crippen LogP) is 4.91. The lowest BCUT2D eigenvalue weighted by atomic mass is 9.94. The van der Waals surface area contributed by atoms with Crippen molar-refractivity contribution in [2.24, 2.45) is 0 Å². The van der Waals surface area contributed by atoms with E-state index < -0.39 is 29.8 Å². The number of carbonyl (C=O) groups excluding carboxylic acids is 1. The molecule has 0 bridgehead atoms. The van der Waals surface area contributed by atoms with Gasteiger partial charge in [-0.2, -0.15) is 0 Å².